The fourth-order valence-corrected chi connectivity index (χ4v) is 2.06. The normalized spacial score (nSPS) is 12.4. The van der Waals surface area contributed by atoms with Crippen molar-refractivity contribution in [2.45, 2.75) is 20.0 Å². The van der Waals surface area contributed by atoms with Gasteiger partial charge in [0.25, 0.3) is 0 Å². The lowest BCUT2D eigenvalue weighted by molar-refractivity contribution is 0.220. The zero-order valence-corrected chi connectivity index (χ0v) is 10.1. The molecular formula is C15H17NO. The highest BCUT2D eigenvalue weighted by Gasteiger charge is 2.14. The average Bonchev–Trinajstić information content (AvgIpc) is 2.29. The number of aliphatic hydroxyl groups excluding tert-OH is 1. The molecule has 0 aliphatic rings. The van der Waals surface area contributed by atoms with Gasteiger partial charge in [0.15, 0.2) is 0 Å². The third kappa shape index (κ3) is 2.32. The average molecular weight is 227 g/mol. The summed E-state index contributed by atoms with van der Waals surface area (Å²) in [7, 11) is 0. The van der Waals surface area contributed by atoms with Crippen LogP contribution >= 0.6 is 0 Å². The number of rotatable bonds is 2. The molecule has 2 aromatic rings. The van der Waals surface area contributed by atoms with Crippen LogP contribution in [0.2, 0.25) is 0 Å². The molecule has 17 heavy (non-hydrogen) atoms. The monoisotopic (exact) mass is 227 g/mol. The fourth-order valence-electron chi connectivity index (χ4n) is 2.06. The molecule has 88 valence electrons. The van der Waals surface area contributed by atoms with E-state index >= 15 is 0 Å². The SMILES string of the molecule is Cc1ccc(C(O)c2ccccc2N)c(C)c1. The molecule has 3 N–H and O–H groups in total. The molecule has 2 rings (SSSR count). The number of aliphatic hydroxyl groups is 1. The quantitative estimate of drug-likeness (QED) is 0.775. The molecule has 1 atom stereocenters. The molecule has 1 unspecified atom stereocenters. The van der Waals surface area contributed by atoms with Crippen molar-refractivity contribution in [1.29, 1.82) is 0 Å². The van der Waals surface area contributed by atoms with E-state index in [-0.39, 0.29) is 0 Å². The summed E-state index contributed by atoms with van der Waals surface area (Å²) in [6.45, 7) is 4.05. The minimum absolute atomic E-state index is 0.625. The van der Waals surface area contributed by atoms with Gasteiger partial charge in [-0.05, 0) is 31.0 Å². The van der Waals surface area contributed by atoms with Gasteiger partial charge in [0.1, 0.15) is 6.10 Å². The van der Waals surface area contributed by atoms with Crippen LogP contribution in [0.4, 0.5) is 5.69 Å². The lowest BCUT2D eigenvalue weighted by atomic mass is 9.95. The van der Waals surface area contributed by atoms with Gasteiger partial charge in [-0.3, -0.25) is 0 Å². The zero-order valence-electron chi connectivity index (χ0n) is 10.1. The Balaban J connectivity index is 2.44. The second kappa shape index (κ2) is 4.60. The first kappa shape index (κ1) is 11.7. The minimum atomic E-state index is -0.656. The Morgan fingerprint density at radius 1 is 1.00 bits per heavy atom. The van der Waals surface area contributed by atoms with Crippen molar-refractivity contribution in [2.24, 2.45) is 0 Å². The summed E-state index contributed by atoms with van der Waals surface area (Å²) in [4.78, 5) is 0. The van der Waals surface area contributed by atoms with E-state index in [4.69, 9.17) is 5.73 Å². The van der Waals surface area contributed by atoms with E-state index in [0.717, 1.165) is 16.7 Å². The molecule has 0 spiro atoms. The summed E-state index contributed by atoms with van der Waals surface area (Å²) in [5.74, 6) is 0. The molecule has 0 saturated heterocycles. The number of para-hydroxylation sites is 1. The van der Waals surface area contributed by atoms with Crippen LogP contribution in [0.5, 0.6) is 0 Å². The smallest absolute Gasteiger partial charge is 0.106 e. The molecule has 0 saturated carbocycles. The number of nitrogen functional groups attached to an aromatic ring is 1. The van der Waals surface area contributed by atoms with Crippen LogP contribution in [0.15, 0.2) is 42.5 Å². The van der Waals surface area contributed by atoms with Gasteiger partial charge in [0.2, 0.25) is 0 Å². The Morgan fingerprint density at radius 2 is 1.71 bits per heavy atom. The maximum atomic E-state index is 10.4. The standard InChI is InChI=1S/C15H17NO/c1-10-7-8-12(11(2)9-10)15(17)13-5-3-4-6-14(13)16/h3-9,15,17H,16H2,1-2H3. The van der Waals surface area contributed by atoms with E-state index < -0.39 is 6.10 Å². The Morgan fingerprint density at radius 3 is 2.35 bits per heavy atom. The lowest BCUT2D eigenvalue weighted by Gasteiger charge is -2.16. The fraction of sp³-hybridized carbons (Fsp3) is 0.200. The summed E-state index contributed by atoms with van der Waals surface area (Å²) >= 11 is 0. The second-order valence-electron chi connectivity index (χ2n) is 4.39. The van der Waals surface area contributed by atoms with Crippen LogP contribution in [0, 0.1) is 13.8 Å². The van der Waals surface area contributed by atoms with E-state index in [1.807, 2.05) is 50.2 Å². The van der Waals surface area contributed by atoms with Crippen LogP contribution in [-0.2, 0) is 0 Å². The minimum Gasteiger partial charge on any atom is -0.398 e. The first-order chi connectivity index (χ1) is 8.09. The van der Waals surface area contributed by atoms with Crippen molar-refractivity contribution in [3.63, 3.8) is 0 Å². The molecule has 0 fully saturated rings. The van der Waals surface area contributed by atoms with Gasteiger partial charge in [0, 0.05) is 11.3 Å². The summed E-state index contributed by atoms with van der Waals surface area (Å²) in [6, 6.07) is 13.5. The van der Waals surface area contributed by atoms with Gasteiger partial charge in [-0.2, -0.15) is 0 Å². The third-order valence-corrected chi connectivity index (χ3v) is 3.01. The molecule has 0 bridgehead atoms. The van der Waals surface area contributed by atoms with Crippen LogP contribution in [-0.4, -0.2) is 5.11 Å². The van der Waals surface area contributed by atoms with Gasteiger partial charge in [-0.25, -0.2) is 0 Å². The van der Waals surface area contributed by atoms with Gasteiger partial charge >= 0.3 is 0 Å². The van der Waals surface area contributed by atoms with Gasteiger partial charge in [0.05, 0.1) is 0 Å². The number of anilines is 1. The van der Waals surface area contributed by atoms with Crippen molar-refractivity contribution < 1.29 is 5.11 Å². The topological polar surface area (TPSA) is 46.2 Å². The molecule has 0 aliphatic carbocycles. The molecule has 0 aliphatic heterocycles. The number of hydrogen-bond donors (Lipinski definition) is 2. The maximum absolute atomic E-state index is 10.4. The summed E-state index contributed by atoms with van der Waals surface area (Å²) in [6.07, 6.45) is -0.656. The summed E-state index contributed by atoms with van der Waals surface area (Å²) < 4.78 is 0. The number of benzene rings is 2. The van der Waals surface area contributed by atoms with Crippen LogP contribution in [0.25, 0.3) is 0 Å². The molecule has 0 radical (unpaired) electrons. The molecule has 2 heteroatoms. The Labute approximate surface area is 102 Å². The van der Waals surface area contributed by atoms with Gasteiger partial charge in [-0.1, -0.05) is 42.0 Å². The Kier molecular flexibility index (Phi) is 3.16. The van der Waals surface area contributed by atoms with Crippen molar-refractivity contribution in [3.8, 4) is 0 Å². The van der Waals surface area contributed by atoms with Crippen molar-refractivity contribution >= 4 is 5.69 Å². The predicted octanol–water partition coefficient (Wildman–Crippen LogP) is 2.97. The maximum Gasteiger partial charge on any atom is 0.106 e. The highest BCUT2D eigenvalue weighted by molar-refractivity contribution is 5.51. The van der Waals surface area contributed by atoms with E-state index in [0.29, 0.717) is 5.69 Å². The second-order valence-corrected chi connectivity index (χ2v) is 4.39. The summed E-state index contributed by atoms with van der Waals surface area (Å²) in [5, 5.41) is 10.4. The third-order valence-electron chi connectivity index (χ3n) is 3.01. The molecule has 0 amide bonds. The van der Waals surface area contributed by atoms with Crippen LogP contribution in [0.1, 0.15) is 28.4 Å². The summed E-state index contributed by atoms with van der Waals surface area (Å²) in [5.41, 5.74) is 10.5. The first-order valence-corrected chi connectivity index (χ1v) is 5.69. The Bertz CT molecular complexity index is 534. The molecule has 0 heterocycles. The first-order valence-electron chi connectivity index (χ1n) is 5.69. The Hall–Kier alpha value is -1.80. The number of nitrogens with two attached hydrogens (primary N) is 1. The van der Waals surface area contributed by atoms with Crippen molar-refractivity contribution in [1.82, 2.24) is 0 Å². The predicted molar refractivity (Wildman–Crippen MR) is 70.8 cm³/mol. The highest BCUT2D eigenvalue weighted by Crippen LogP contribution is 2.28. The van der Waals surface area contributed by atoms with E-state index in [9.17, 15) is 5.11 Å². The van der Waals surface area contributed by atoms with Gasteiger partial charge < -0.3 is 10.8 Å². The highest BCUT2D eigenvalue weighted by atomic mass is 16.3. The van der Waals surface area contributed by atoms with Crippen LogP contribution < -0.4 is 5.73 Å². The molecule has 2 nitrogen and oxygen atoms in total. The zero-order chi connectivity index (χ0) is 12.4. The number of aryl methyl sites for hydroxylation is 2. The van der Waals surface area contributed by atoms with E-state index in [1.54, 1.807) is 0 Å². The molecule has 0 aromatic heterocycles. The van der Waals surface area contributed by atoms with Gasteiger partial charge in [-0.15, -0.1) is 0 Å². The van der Waals surface area contributed by atoms with Crippen molar-refractivity contribution in [3.05, 3.63) is 64.7 Å². The largest absolute Gasteiger partial charge is 0.398 e. The lowest BCUT2D eigenvalue weighted by Crippen LogP contribution is -2.05. The van der Waals surface area contributed by atoms with E-state index in [2.05, 4.69) is 6.07 Å². The molecule has 2 aromatic carbocycles. The van der Waals surface area contributed by atoms with Crippen LogP contribution in [0.3, 0.4) is 0 Å². The molecular weight excluding hydrogens is 210 g/mol. The van der Waals surface area contributed by atoms with Crippen molar-refractivity contribution in [2.75, 3.05) is 5.73 Å². The van der Waals surface area contributed by atoms with E-state index in [1.165, 1.54) is 5.56 Å². The number of hydrogen-bond acceptors (Lipinski definition) is 2.